The molecule has 1 rings (SSSR count). The Kier molecular flexibility index (Phi) is 5.36. The highest BCUT2D eigenvalue weighted by Crippen LogP contribution is 2.31. The number of likely N-dealkylation sites (N-methyl/N-ethyl adjacent to an activating group) is 2. The van der Waals surface area contributed by atoms with Crippen LogP contribution in [0.15, 0.2) is 0 Å². The molecular formula is C12H24N2O3. The van der Waals surface area contributed by atoms with Crippen LogP contribution in [0.25, 0.3) is 0 Å². The minimum Gasteiger partial charge on any atom is -0.481 e. The molecule has 1 saturated heterocycles. The minimum atomic E-state index is -0.683. The summed E-state index contributed by atoms with van der Waals surface area (Å²) in [6, 6.07) is 0. The summed E-state index contributed by atoms with van der Waals surface area (Å²) in [5.41, 5.74) is -0.612. The maximum Gasteiger partial charge on any atom is 0.311 e. The molecule has 0 aromatic heterocycles. The molecule has 1 N–H and O–H groups in total. The van der Waals surface area contributed by atoms with E-state index in [-0.39, 0.29) is 0 Å². The number of nitrogens with zero attached hydrogens (tertiary/aromatic N) is 2. The third-order valence-corrected chi connectivity index (χ3v) is 3.41. The molecule has 5 nitrogen and oxygen atoms in total. The summed E-state index contributed by atoms with van der Waals surface area (Å²) in [5.74, 6) is -0.683. The van der Waals surface area contributed by atoms with E-state index in [1.165, 1.54) is 0 Å². The van der Waals surface area contributed by atoms with Crippen LogP contribution in [0.4, 0.5) is 0 Å². The van der Waals surface area contributed by atoms with E-state index >= 15 is 0 Å². The molecule has 1 aliphatic heterocycles. The number of ether oxygens (including phenoxy) is 1. The molecule has 0 aliphatic carbocycles. The van der Waals surface area contributed by atoms with Gasteiger partial charge in [0.25, 0.3) is 0 Å². The van der Waals surface area contributed by atoms with E-state index in [0.29, 0.717) is 32.6 Å². The Morgan fingerprint density at radius 1 is 1.24 bits per heavy atom. The predicted octanol–water partition coefficient (Wildman–Crippen LogP) is 0.361. The number of rotatable bonds is 6. The van der Waals surface area contributed by atoms with Gasteiger partial charge in [-0.15, -0.1) is 0 Å². The number of hydrogen-bond acceptors (Lipinski definition) is 4. The average molecular weight is 244 g/mol. The summed E-state index contributed by atoms with van der Waals surface area (Å²) < 4.78 is 5.26. The fourth-order valence-electron chi connectivity index (χ4n) is 2.17. The Balaban J connectivity index is 2.51. The third-order valence-electron chi connectivity index (χ3n) is 3.41. The summed E-state index contributed by atoms with van der Waals surface area (Å²) in [4.78, 5) is 15.7. The monoisotopic (exact) mass is 244 g/mol. The van der Waals surface area contributed by atoms with E-state index < -0.39 is 11.4 Å². The molecule has 0 atom stereocenters. The van der Waals surface area contributed by atoms with Gasteiger partial charge in [-0.05, 0) is 34.0 Å². The maximum atomic E-state index is 11.5. The van der Waals surface area contributed by atoms with Crippen LogP contribution in [-0.4, -0.2) is 74.9 Å². The largest absolute Gasteiger partial charge is 0.481 e. The zero-order chi connectivity index (χ0) is 12.9. The first-order valence-electron chi connectivity index (χ1n) is 6.11. The van der Waals surface area contributed by atoms with Crippen LogP contribution in [0.3, 0.4) is 0 Å². The molecule has 1 heterocycles. The van der Waals surface area contributed by atoms with Gasteiger partial charge in [0.05, 0.1) is 5.41 Å². The van der Waals surface area contributed by atoms with E-state index in [0.717, 1.165) is 13.1 Å². The molecule has 0 amide bonds. The fourth-order valence-corrected chi connectivity index (χ4v) is 2.17. The highest BCUT2D eigenvalue weighted by atomic mass is 16.5. The van der Waals surface area contributed by atoms with Crippen molar-refractivity contribution in [1.82, 2.24) is 9.80 Å². The van der Waals surface area contributed by atoms with Crippen molar-refractivity contribution < 1.29 is 14.6 Å². The van der Waals surface area contributed by atoms with Crippen LogP contribution in [0.1, 0.15) is 12.8 Å². The number of carbonyl (C=O) groups is 1. The Bertz CT molecular complexity index is 250. The van der Waals surface area contributed by atoms with E-state index in [4.69, 9.17) is 4.74 Å². The predicted molar refractivity (Wildman–Crippen MR) is 66.2 cm³/mol. The second-order valence-electron chi connectivity index (χ2n) is 5.24. The smallest absolute Gasteiger partial charge is 0.311 e. The van der Waals surface area contributed by atoms with Gasteiger partial charge >= 0.3 is 5.97 Å². The first kappa shape index (κ1) is 14.4. The summed E-state index contributed by atoms with van der Waals surface area (Å²) in [7, 11) is 6.04. The normalized spacial score (nSPS) is 19.8. The van der Waals surface area contributed by atoms with Crippen LogP contribution in [-0.2, 0) is 9.53 Å². The number of hydrogen-bond donors (Lipinski definition) is 1. The van der Waals surface area contributed by atoms with Gasteiger partial charge in [0.2, 0.25) is 0 Å². The van der Waals surface area contributed by atoms with Gasteiger partial charge in [0.15, 0.2) is 0 Å². The van der Waals surface area contributed by atoms with Crippen LogP contribution in [0.2, 0.25) is 0 Å². The standard InChI is InChI=1S/C12H24N2O3/c1-13(2)6-7-14(3)10-12(11(15)16)4-8-17-9-5-12/h4-10H2,1-3H3,(H,15,16). The lowest BCUT2D eigenvalue weighted by Crippen LogP contribution is -2.46. The molecule has 1 aliphatic rings. The van der Waals surface area contributed by atoms with E-state index in [1.54, 1.807) is 0 Å². The van der Waals surface area contributed by atoms with Crippen molar-refractivity contribution in [2.75, 3.05) is 54.0 Å². The first-order chi connectivity index (χ1) is 7.96. The first-order valence-corrected chi connectivity index (χ1v) is 6.11. The molecule has 0 bridgehead atoms. The van der Waals surface area contributed by atoms with Crippen molar-refractivity contribution in [3.63, 3.8) is 0 Å². The second-order valence-corrected chi connectivity index (χ2v) is 5.24. The lowest BCUT2D eigenvalue weighted by Gasteiger charge is -2.36. The molecule has 0 aromatic carbocycles. The molecule has 0 unspecified atom stereocenters. The minimum absolute atomic E-state index is 0.563. The number of carboxylic acids is 1. The van der Waals surface area contributed by atoms with Gasteiger partial charge in [-0.1, -0.05) is 0 Å². The molecular weight excluding hydrogens is 220 g/mol. The van der Waals surface area contributed by atoms with Crippen molar-refractivity contribution in [2.24, 2.45) is 5.41 Å². The van der Waals surface area contributed by atoms with Gasteiger partial charge in [-0.25, -0.2) is 0 Å². The van der Waals surface area contributed by atoms with Crippen molar-refractivity contribution in [2.45, 2.75) is 12.8 Å². The third kappa shape index (κ3) is 4.26. The van der Waals surface area contributed by atoms with Crippen LogP contribution in [0.5, 0.6) is 0 Å². The SMILES string of the molecule is CN(C)CCN(C)CC1(C(=O)O)CCOCC1. The van der Waals surface area contributed by atoms with E-state index in [2.05, 4.69) is 9.80 Å². The van der Waals surface area contributed by atoms with Gasteiger partial charge in [-0.2, -0.15) is 0 Å². The molecule has 0 aromatic rings. The molecule has 17 heavy (non-hydrogen) atoms. The van der Waals surface area contributed by atoms with Crippen molar-refractivity contribution in [3.8, 4) is 0 Å². The summed E-state index contributed by atoms with van der Waals surface area (Å²) in [6.07, 6.45) is 1.24. The van der Waals surface area contributed by atoms with Crippen LogP contribution in [0, 0.1) is 5.41 Å². The Morgan fingerprint density at radius 2 is 1.82 bits per heavy atom. The second kappa shape index (κ2) is 6.33. The maximum absolute atomic E-state index is 11.5. The van der Waals surface area contributed by atoms with Gasteiger partial charge < -0.3 is 19.6 Å². The molecule has 0 spiro atoms. The zero-order valence-electron chi connectivity index (χ0n) is 11.1. The number of aliphatic carboxylic acids is 1. The van der Waals surface area contributed by atoms with Crippen molar-refractivity contribution >= 4 is 5.97 Å². The Labute approximate surface area is 103 Å². The highest BCUT2D eigenvalue weighted by molar-refractivity contribution is 5.75. The quantitative estimate of drug-likeness (QED) is 0.731. The topological polar surface area (TPSA) is 53.0 Å². The van der Waals surface area contributed by atoms with E-state index in [1.807, 2.05) is 21.1 Å². The van der Waals surface area contributed by atoms with Crippen molar-refractivity contribution in [1.29, 1.82) is 0 Å². The summed E-state index contributed by atoms with van der Waals surface area (Å²) in [6.45, 7) is 3.58. The van der Waals surface area contributed by atoms with Crippen LogP contribution >= 0.6 is 0 Å². The zero-order valence-corrected chi connectivity index (χ0v) is 11.1. The molecule has 0 radical (unpaired) electrons. The van der Waals surface area contributed by atoms with Gasteiger partial charge in [0, 0.05) is 32.8 Å². The molecule has 100 valence electrons. The van der Waals surface area contributed by atoms with Gasteiger partial charge in [-0.3, -0.25) is 4.79 Å². The van der Waals surface area contributed by atoms with Crippen LogP contribution < -0.4 is 0 Å². The van der Waals surface area contributed by atoms with Gasteiger partial charge in [0.1, 0.15) is 0 Å². The summed E-state index contributed by atoms with van der Waals surface area (Å²) >= 11 is 0. The molecule has 5 heteroatoms. The fraction of sp³-hybridized carbons (Fsp3) is 0.917. The molecule has 1 fully saturated rings. The van der Waals surface area contributed by atoms with E-state index in [9.17, 15) is 9.90 Å². The lowest BCUT2D eigenvalue weighted by atomic mass is 9.80. The lowest BCUT2D eigenvalue weighted by molar-refractivity contribution is -0.156. The summed E-state index contributed by atoms with van der Waals surface area (Å²) in [5, 5.41) is 9.42. The average Bonchev–Trinajstić information content (AvgIpc) is 2.27. The number of carboxylic acid groups (broad SMARTS) is 1. The molecule has 0 saturated carbocycles. The highest BCUT2D eigenvalue weighted by Gasteiger charge is 2.40. The van der Waals surface area contributed by atoms with Crippen molar-refractivity contribution in [3.05, 3.63) is 0 Å². The Morgan fingerprint density at radius 3 is 2.29 bits per heavy atom. The Hall–Kier alpha value is -0.650.